The van der Waals surface area contributed by atoms with Crippen molar-refractivity contribution < 1.29 is 26.7 Å². The summed E-state index contributed by atoms with van der Waals surface area (Å²) in [5.74, 6) is -2.46. The number of anilines is 2. The Kier molecular flexibility index (Phi) is 6.77. The van der Waals surface area contributed by atoms with Crippen LogP contribution in [0, 0.1) is 11.6 Å². The molecule has 1 N–H and O–H groups in total. The summed E-state index contributed by atoms with van der Waals surface area (Å²) in [5, 5.41) is 2.72. The number of nitrogens with zero attached hydrogens (tertiary/aromatic N) is 1. The molecule has 0 aliphatic carbocycles. The first-order chi connectivity index (χ1) is 14.7. The summed E-state index contributed by atoms with van der Waals surface area (Å²) in [7, 11) is -2.69. The molecule has 0 bridgehead atoms. The van der Waals surface area contributed by atoms with Crippen LogP contribution in [0.5, 0.6) is 5.75 Å². The minimum atomic E-state index is -4.15. The molecule has 0 fully saturated rings. The average Bonchev–Trinajstić information content (AvgIpc) is 2.75. The van der Waals surface area contributed by atoms with E-state index in [1.807, 2.05) is 0 Å². The number of hydrogen-bond acceptors (Lipinski definition) is 4. The second-order valence-electron chi connectivity index (χ2n) is 6.34. The molecular weight excluding hydrogens is 450 g/mol. The lowest BCUT2D eigenvalue weighted by Gasteiger charge is -2.24. The largest absolute Gasteiger partial charge is 0.497 e. The van der Waals surface area contributed by atoms with Gasteiger partial charge in [-0.3, -0.25) is 9.10 Å². The quantitative estimate of drug-likeness (QED) is 0.557. The third-order valence-corrected chi connectivity index (χ3v) is 6.29. The Balaban J connectivity index is 1.93. The fourth-order valence-corrected chi connectivity index (χ4v) is 4.25. The predicted octanol–water partition coefficient (Wildman–Crippen LogP) is 4.46. The van der Waals surface area contributed by atoms with Crippen LogP contribution in [0.3, 0.4) is 0 Å². The van der Waals surface area contributed by atoms with Crippen LogP contribution >= 0.6 is 11.6 Å². The third kappa shape index (κ3) is 5.31. The van der Waals surface area contributed by atoms with Crippen molar-refractivity contribution in [1.29, 1.82) is 0 Å². The molecule has 6 nitrogen and oxygen atoms in total. The van der Waals surface area contributed by atoms with Crippen molar-refractivity contribution in [3.63, 3.8) is 0 Å². The summed E-state index contributed by atoms with van der Waals surface area (Å²) in [6.45, 7) is -0.615. The first kappa shape index (κ1) is 22.5. The van der Waals surface area contributed by atoms with Crippen molar-refractivity contribution in [1.82, 2.24) is 0 Å². The zero-order valence-corrected chi connectivity index (χ0v) is 17.8. The Morgan fingerprint density at radius 3 is 2.23 bits per heavy atom. The van der Waals surface area contributed by atoms with Crippen molar-refractivity contribution in [3.8, 4) is 5.75 Å². The molecule has 0 spiro atoms. The van der Waals surface area contributed by atoms with Crippen molar-refractivity contribution in [2.45, 2.75) is 4.90 Å². The van der Waals surface area contributed by atoms with Crippen LogP contribution in [0.25, 0.3) is 0 Å². The van der Waals surface area contributed by atoms with Gasteiger partial charge in [0.15, 0.2) is 11.6 Å². The Morgan fingerprint density at radius 2 is 1.65 bits per heavy atom. The van der Waals surface area contributed by atoms with E-state index in [9.17, 15) is 22.0 Å². The van der Waals surface area contributed by atoms with Gasteiger partial charge in [0.25, 0.3) is 10.0 Å². The third-order valence-electron chi connectivity index (χ3n) is 4.25. The molecule has 0 aliphatic rings. The smallest absolute Gasteiger partial charge is 0.264 e. The van der Waals surface area contributed by atoms with Crippen molar-refractivity contribution in [3.05, 3.63) is 83.4 Å². The van der Waals surface area contributed by atoms with E-state index in [1.54, 1.807) is 12.1 Å². The van der Waals surface area contributed by atoms with Crippen molar-refractivity contribution in [2.75, 3.05) is 23.3 Å². The van der Waals surface area contributed by atoms with Gasteiger partial charge in [0.2, 0.25) is 5.91 Å². The van der Waals surface area contributed by atoms with Crippen LogP contribution in [0.15, 0.2) is 71.6 Å². The molecule has 10 heteroatoms. The maximum atomic E-state index is 13.4. The number of carbonyl (C=O) groups is 1. The second kappa shape index (κ2) is 9.32. The van der Waals surface area contributed by atoms with E-state index in [0.717, 1.165) is 16.4 Å². The van der Waals surface area contributed by atoms with Crippen LogP contribution in [0.4, 0.5) is 20.2 Å². The van der Waals surface area contributed by atoms with E-state index >= 15 is 0 Å². The molecule has 0 aliphatic heterocycles. The van der Waals surface area contributed by atoms with Crippen LogP contribution < -0.4 is 14.4 Å². The minimum Gasteiger partial charge on any atom is -0.497 e. The highest BCUT2D eigenvalue weighted by molar-refractivity contribution is 7.92. The molecule has 3 rings (SSSR count). The standard InChI is InChI=1S/C21H17ClF2N2O4S/c1-30-17-7-5-16(6-8-17)26(31(28,29)18-9-2-14(22)3-10-18)13-21(27)25-15-4-11-19(23)20(24)12-15/h2-12H,13H2,1H3,(H,25,27). The number of sulfonamides is 1. The summed E-state index contributed by atoms with van der Waals surface area (Å²) < 4.78 is 59.0. The normalized spacial score (nSPS) is 11.1. The fourth-order valence-electron chi connectivity index (χ4n) is 2.70. The van der Waals surface area contributed by atoms with Gasteiger partial charge in [-0.15, -0.1) is 0 Å². The topological polar surface area (TPSA) is 75.7 Å². The molecule has 0 saturated heterocycles. The molecule has 162 valence electrons. The number of benzene rings is 3. The molecule has 0 atom stereocenters. The predicted molar refractivity (Wildman–Crippen MR) is 114 cm³/mol. The molecule has 31 heavy (non-hydrogen) atoms. The minimum absolute atomic E-state index is 0.0116. The van der Waals surface area contributed by atoms with E-state index in [4.69, 9.17) is 16.3 Å². The van der Waals surface area contributed by atoms with E-state index in [0.29, 0.717) is 10.8 Å². The molecular formula is C21H17ClF2N2O4S. The van der Waals surface area contributed by atoms with Crippen LogP contribution in [0.2, 0.25) is 5.02 Å². The summed E-state index contributed by atoms with van der Waals surface area (Å²) >= 11 is 5.85. The van der Waals surface area contributed by atoms with Crippen molar-refractivity contribution in [2.24, 2.45) is 0 Å². The van der Waals surface area contributed by atoms with Gasteiger partial charge in [-0.1, -0.05) is 11.6 Å². The highest BCUT2D eigenvalue weighted by Gasteiger charge is 2.27. The zero-order valence-electron chi connectivity index (χ0n) is 16.2. The van der Waals surface area contributed by atoms with Crippen LogP contribution in [-0.2, 0) is 14.8 Å². The van der Waals surface area contributed by atoms with E-state index in [-0.39, 0.29) is 16.3 Å². The molecule has 0 saturated carbocycles. The lowest BCUT2D eigenvalue weighted by atomic mass is 10.3. The van der Waals surface area contributed by atoms with E-state index in [2.05, 4.69) is 5.32 Å². The Morgan fingerprint density at radius 1 is 1.00 bits per heavy atom. The SMILES string of the molecule is COc1ccc(N(CC(=O)Nc2ccc(F)c(F)c2)S(=O)(=O)c2ccc(Cl)cc2)cc1. The van der Waals surface area contributed by atoms with Crippen molar-refractivity contribution >= 4 is 38.9 Å². The van der Waals surface area contributed by atoms with Gasteiger partial charge >= 0.3 is 0 Å². The summed E-state index contributed by atoms with van der Waals surface area (Å²) in [5.41, 5.74) is 0.193. The summed E-state index contributed by atoms with van der Waals surface area (Å²) in [6.07, 6.45) is 0. The molecule has 0 unspecified atom stereocenters. The number of carbonyl (C=O) groups excluding carboxylic acids is 1. The van der Waals surface area contributed by atoms with E-state index in [1.165, 1.54) is 49.6 Å². The molecule has 0 radical (unpaired) electrons. The average molecular weight is 467 g/mol. The van der Waals surface area contributed by atoms with Gasteiger partial charge in [-0.05, 0) is 60.7 Å². The number of hydrogen-bond donors (Lipinski definition) is 1. The van der Waals surface area contributed by atoms with Crippen LogP contribution in [-0.4, -0.2) is 28.0 Å². The number of amides is 1. The number of nitrogens with one attached hydrogen (secondary N) is 1. The molecule has 1 amide bonds. The molecule has 0 aromatic heterocycles. The molecule has 0 heterocycles. The highest BCUT2D eigenvalue weighted by Crippen LogP contribution is 2.26. The maximum Gasteiger partial charge on any atom is 0.264 e. The van der Waals surface area contributed by atoms with Gasteiger partial charge in [0.05, 0.1) is 17.7 Å². The van der Waals surface area contributed by atoms with Crippen LogP contribution in [0.1, 0.15) is 0 Å². The zero-order chi connectivity index (χ0) is 22.6. The number of halogens is 3. The van der Waals surface area contributed by atoms with Gasteiger partial charge in [0.1, 0.15) is 12.3 Å². The Labute approximate surface area is 183 Å². The lowest BCUT2D eigenvalue weighted by molar-refractivity contribution is -0.114. The number of rotatable bonds is 7. The lowest BCUT2D eigenvalue weighted by Crippen LogP contribution is -2.38. The monoisotopic (exact) mass is 466 g/mol. The van der Waals surface area contributed by atoms with Gasteiger partial charge in [-0.2, -0.15) is 0 Å². The summed E-state index contributed by atoms with van der Waals surface area (Å²) in [6, 6.07) is 14.4. The molecule has 3 aromatic carbocycles. The molecule has 3 aromatic rings. The first-order valence-corrected chi connectivity index (χ1v) is 10.7. The summed E-state index contributed by atoms with van der Waals surface area (Å²) in [4.78, 5) is 12.5. The first-order valence-electron chi connectivity index (χ1n) is 8.88. The Hall–Kier alpha value is -3.17. The highest BCUT2D eigenvalue weighted by atomic mass is 35.5. The maximum absolute atomic E-state index is 13.4. The Bertz CT molecular complexity index is 1190. The van der Waals surface area contributed by atoms with Gasteiger partial charge in [0, 0.05) is 16.8 Å². The van der Waals surface area contributed by atoms with Gasteiger partial charge < -0.3 is 10.1 Å². The number of ether oxygens (including phenoxy) is 1. The van der Waals surface area contributed by atoms with E-state index < -0.39 is 34.1 Å². The van der Waals surface area contributed by atoms with Gasteiger partial charge in [-0.25, -0.2) is 17.2 Å². The number of methoxy groups -OCH3 is 1. The fraction of sp³-hybridized carbons (Fsp3) is 0.0952. The second-order valence-corrected chi connectivity index (χ2v) is 8.64.